The number of carbonyl (C=O) groups excluding carboxylic acids is 1. The topological polar surface area (TPSA) is 71.3 Å². The van der Waals surface area contributed by atoms with Crippen LogP contribution >= 0.6 is 0 Å². The summed E-state index contributed by atoms with van der Waals surface area (Å²) in [7, 11) is 0. The van der Waals surface area contributed by atoms with Gasteiger partial charge in [-0.3, -0.25) is 9.69 Å². The van der Waals surface area contributed by atoms with Gasteiger partial charge in [-0.1, -0.05) is 29.4 Å². The zero-order chi connectivity index (χ0) is 21.8. The molecule has 8 heteroatoms. The van der Waals surface area contributed by atoms with Crippen LogP contribution in [0.25, 0.3) is 11.4 Å². The van der Waals surface area contributed by atoms with Crippen molar-refractivity contribution in [3.63, 3.8) is 0 Å². The summed E-state index contributed by atoms with van der Waals surface area (Å²) < 4.78 is 32.0. The Morgan fingerprint density at radius 2 is 2.03 bits per heavy atom. The lowest BCUT2D eigenvalue weighted by Crippen LogP contribution is -2.42. The van der Waals surface area contributed by atoms with E-state index in [-0.39, 0.29) is 36.0 Å². The van der Waals surface area contributed by atoms with E-state index in [1.54, 1.807) is 24.3 Å². The molecule has 0 spiro atoms. The highest BCUT2D eigenvalue weighted by Crippen LogP contribution is 2.27. The Labute approximate surface area is 179 Å². The average Bonchev–Trinajstić information content (AvgIpc) is 3.25. The Hall–Kier alpha value is -3.13. The first-order valence-electron chi connectivity index (χ1n) is 10.3. The second-order valence-corrected chi connectivity index (χ2v) is 7.88. The fraction of sp³-hybridized carbons (Fsp3) is 0.348. The number of halogens is 2. The van der Waals surface area contributed by atoms with Gasteiger partial charge in [0, 0.05) is 12.1 Å². The molecule has 0 aliphatic carbocycles. The fourth-order valence-electron chi connectivity index (χ4n) is 3.87. The Morgan fingerprint density at radius 3 is 2.81 bits per heavy atom. The molecule has 0 radical (unpaired) electrons. The molecule has 162 valence electrons. The highest BCUT2D eigenvalue weighted by Gasteiger charge is 2.27. The predicted molar refractivity (Wildman–Crippen MR) is 111 cm³/mol. The van der Waals surface area contributed by atoms with E-state index in [0.717, 1.165) is 24.9 Å². The average molecular weight is 426 g/mol. The van der Waals surface area contributed by atoms with Gasteiger partial charge in [0.25, 0.3) is 0 Å². The SMILES string of the molecule is CC(NC(=O)CN1CCCC(c2nc(-c3cccc(F)c3)no2)C1)c1ccc(F)cc1. The molecule has 0 bridgehead atoms. The summed E-state index contributed by atoms with van der Waals surface area (Å²) in [5, 5.41) is 6.95. The van der Waals surface area contributed by atoms with Crippen molar-refractivity contribution in [3.8, 4) is 11.4 Å². The Balaban J connectivity index is 1.34. The van der Waals surface area contributed by atoms with Gasteiger partial charge >= 0.3 is 0 Å². The van der Waals surface area contributed by atoms with Crippen LogP contribution in [0.5, 0.6) is 0 Å². The van der Waals surface area contributed by atoms with Crippen LogP contribution in [0.15, 0.2) is 53.1 Å². The molecule has 1 aromatic heterocycles. The number of likely N-dealkylation sites (tertiary alicyclic amines) is 1. The summed E-state index contributed by atoms with van der Waals surface area (Å²) >= 11 is 0. The third-order valence-corrected chi connectivity index (χ3v) is 5.49. The summed E-state index contributed by atoms with van der Waals surface area (Å²) in [6.07, 6.45) is 1.79. The predicted octanol–water partition coefficient (Wildman–Crippen LogP) is 4.07. The van der Waals surface area contributed by atoms with Crippen molar-refractivity contribution >= 4 is 5.91 Å². The van der Waals surface area contributed by atoms with Gasteiger partial charge in [0.15, 0.2) is 0 Å². The number of amides is 1. The molecule has 1 aliphatic heterocycles. The minimum atomic E-state index is -0.353. The molecule has 2 unspecified atom stereocenters. The van der Waals surface area contributed by atoms with E-state index in [0.29, 0.717) is 23.8 Å². The number of benzene rings is 2. The van der Waals surface area contributed by atoms with Crippen LogP contribution in [0.3, 0.4) is 0 Å². The van der Waals surface area contributed by atoms with Gasteiger partial charge in [-0.2, -0.15) is 4.98 Å². The summed E-state index contributed by atoms with van der Waals surface area (Å²) in [4.78, 5) is 19.0. The molecule has 2 aromatic carbocycles. The van der Waals surface area contributed by atoms with Gasteiger partial charge in [-0.05, 0) is 56.1 Å². The number of hydrogen-bond donors (Lipinski definition) is 1. The molecule has 0 saturated carbocycles. The summed E-state index contributed by atoms with van der Waals surface area (Å²) in [5.41, 5.74) is 1.42. The number of piperidine rings is 1. The maximum absolute atomic E-state index is 13.5. The van der Waals surface area contributed by atoms with E-state index >= 15 is 0 Å². The van der Waals surface area contributed by atoms with Crippen molar-refractivity contribution in [2.75, 3.05) is 19.6 Å². The third kappa shape index (κ3) is 5.32. The molecule has 1 fully saturated rings. The van der Waals surface area contributed by atoms with Crippen LogP contribution in [0, 0.1) is 11.6 Å². The summed E-state index contributed by atoms with van der Waals surface area (Å²) in [6.45, 7) is 3.56. The van der Waals surface area contributed by atoms with Gasteiger partial charge < -0.3 is 9.84 Å². The minimum absolute atomic E-state index is 0.0193. The van der Waals surface area contributed by atoms with Crippen LogP contribution in [0.2, 0.25) is 0 Å². The van der Waals surface area contributed by atoms with Gasteiger partial charge in [-0.25, -0.2) is 8.78 Å². The molecule has 4 rings (SSSR count). The van der Waals surface area contributed by atoms with Gasteiger partial charge in [0.2, 0.25) is 17.6 Å². The fourth-order valence-corrected chi connectivity index (χ4v) is 3.87. The lowest BCUT2D eigenvalue weighted by Gasteiger charge is -2.30. The highest BCUT2D eigenvalue weighted by atomic mass is 19.1. The number of rotatable bonds is 6. The number of aromatic nitrogens is 2. The molecule has 6 nitrogen and oxygen atoms in total. The molecule has 1 aliphatic rings. The van der Waals surface area contributed by atoms with Crippen LogP contribution < -0.4 is 5.32 Å². The second kappa shape index (κ2) is 9.34. The van der Waals surface area contributed by atoms with Crippen molar-refractivity contribution in [2.24, 2.45) is 0 Å². The van der Waals surface area contributed by atoms with Crippen molar-refractivity contribution in [3.05, 3.63) is 71.6 Å². The molecule has 1 N–H and O–H groups in total. The number of hydrogen-bond acceptors (Lipinski definition) is 5. The third-order valence-electron chi connectivity index (χ3n) is 5.49. The lowest BCUT2D eigenvalue weighted by molar-refractivity contribution is -0.123. The maximum atomic E-state index is 13.5. The molecular formula is C23H24F2N4O2. The van der Waals surface area contributed by atoms with E-state index < -0.39 is 0 Å². The van der Waals surface area contributed by atoms with Gasteiger partial charge in [-0.15, -0.1) is 0 Å². The molecule has 1 saturated heterocycles. The van der Waals surface area contributed by atoms with Crippen molar-refractivity contribution in [1.82, 2.24) is 20.4 Å². The molecule has 31 heavy (non-hydrogen) atoms. The first-order valence-corrected chi connectivity index (χ1v) is 10.3. The lowest BCUT2D eigenvalue weighted by atomic mass is 9.98. The van der Waals surface area contributed by atoms with E-state index in [2.05, 4.69) is 20.4 Å². The van der Waals surface area contributed by atoms with E-state index in [1.165, 1.54) is 24.3 Å². The number of nitrogens with one attached hydrogen (secondary N) is 1. The van der Waals surface area contributed by atoms with Crippen LogP contribution in [-0.2, 0) is 4.79 Å². The molecular weight excluding hydrogens is 402 g/mol. The zero-order valence-electron chi connectivity index (χ0n) is 17.2. The monoisotopic (exact) mass is 426 g/mol. The summed E-state index contributed by atoms with van der Waals surface area (Å²) in [6, 6.07) is 12.0. The van der Waals surface area contributed by atoms with Crippen LogP contribution in [0.1, 0.15) is 43.2 Å². The van der Waals surface area contributed by atoms with Crippen LogP contribution in [0.4, 0.5) is 8.78 Å². The van der Waals surface area contributed by atoms with E-state index in [9.17, 15) is 13.6 Å². The normalized spacial score (nSPS) is 18.0. The van der Waals surface area contributed by atoms with E-state index in [1.807, 2.05) is 6.92 Å². The molecule has 1 amide bonds. The minimum Gasteiger partial charge on any atom is -0.348 e. The number of nitrogens with zero attached hydrogens (tertiary/aromatic N) is 3. The van der Waals surface area contributed by atoms with Crippen molar-refractivity contribution < 1.29 is 18.1 Å². The van der Waals surface area contributed by atoms with Gasteiger partial charge in [0.05, 0.1) is 18.5 Å². The highest BCUT2D eigenvalue weighted by molar-refractivity contribution is 5.78. The molecule has 2 atom stereocenters. The molecule has 3 aromatic rings. The maximum Gasteiger partial charge on any atom is 0.234 e. The first-order chi connectivity index (χ1) is 15.0. The van der Waals surface area contributed by atoms with E-state index in [4.69, 9.17) is 4.52 Å². The standard InChI is InChI=1S/C23H24F2N4O2/c1-15(16-7-9-19(24)10-8-16)26-21(30)14-29-11-3-5-18(13-29)23-27-22(28-31-23)17-4-2-6-20(25)12-17/h2,4,6-10,12,15,18H,3,5,11,13-14H2,1H3,(H,26,30). The largest absolute Gasteiger partial charge is 0.348 e. The van der Waals surface area contributed by atoms with Gasteiger partial charge in [0.1, 0.15) is 11.6 Å². The van der Waals surface area contributed by atoms with Crippen molar-refractivity contribution in [2.45, 2.75) is 31.7 Å². The quantitative estimate of drug-likeness (QED) is 0.643. The summed E-state index contributed by atoms with van der Waals surface area (Å²) in [5.74, 6) is 0.132. The van der Waals surface area contributed by atoms with Crippen molar-refractivity contribution in [1.29, 1.82) is 0 Å². The molecule has 2 heterocycles. The van der Waals surface area contributed by atoms with Crippen LogP contribution in [-0.4, -0.2) is 40.6 Å². The Morgan fingerprint density at radius 1 is 1.23 bits per heavy atom. The Bertz CT molecular complexity index is 1040. The first kappa shape index (κ1) is 21.1. The number of carbonyl (C=O) groups is 1. The zero-order valence-corrected chi connectivity index (χ0v) is 17.2. The second-order valence-electron chi connectivity index (χ2n) is 7.88. The smallest absolute Gasteiger partial charge is 0.234 e. The Kier molecular flexibility index (Phi) is 6.36.